The van der Waals surface area contributed by atoms with Gasteiger partial charge in [-0.1, -0.05) is 12.1 Å². The number of nitrogens with zero attached hydrogens (tertiary/aromatic N) is 5. The summed E-state index contributed by atoms with van der Waals surface area (Å²) in [5.74, 6) is -5.60. The molecule has 2 aliphatic heterocycles. The van der Waals surface area contributed by atoms with Crippen molar-refractivity contribution in [1.29, 1.82) is 0 Å². The highest BCUT2D eigenvalue weighted by atomic mass is 32.5. The van der Waals surface area contributed by atoms with Crippen LogP contribution in [0.1, 0.15) is 19.6 Å². The van der Waals surface area contributed by atoms with Crippen molar-refractivity contribution in [3.8, 4) is 0 Å². The van der Waals surface area contributed by atoms with Gasteiger partial charge in [0.25, 0.3) is 0 Å². The van der Waals surface area contributed by atoms with Crippen LogP contribution in [-0.4, -0.2) is 132 Å². The highest BCUT2D eigenvalue weighted by Crippen LogP contribution is 2.65. The van der Waals surface area contributed by atoms with Crippen molar-refractivity contribution >= 4 is 43.3 Å². The number of phosphoric ester groups is 1. The SMILES string of the molecule is CC[C@@]1(O)[C@H](O)[C@@H](COP(O)(=S)OP(=O)(O)OC2OC3(O)C2C(O)C(O)C3[C@@H](O)CO)O[C@H]1n1nnc2c(N)ncnc21. The zero-order valence-electron chi connectivity index (χ0n) is 22.0. The minimum atomic E-state index is -5.37. The first-order valence-electron chi connectivity index (χ1n) is 12.6. The molecule has 0 amide bonds. The Morgan fingerprint density at radius 3 is 2.58 bits per heavy atom. The van der Waals surface area contributed by atoms with Gasteiger partial charge in [0.05, 0.1) is 43.4 Å². The van der Waals surface area contributed by atoms with Crippen molar-refractivity contribution in [2.75, 3.05) is 18.9 Å². The summed E-state index contributed by atoms with van der Waals surface area (Å²) in [6.45, 7) is -4.80. The maximum atomic E-state index is 12.6. The Hall–Kier alpha value is -1.40. The molecule has 0 spiro atoms. The summed E-state index contributed by atoms with van der Waals surface area (Å²) in [6.07, 6.45) is -10.6. The van der Waals surface area contributed by atoms with E-state index in [9.17, 15) is 50.1 Å². The van der Waals surface area contributed by atoms with E-state index >= 15 is 0 Å². The van der Waals surface area contributed by atoms with Crippen LogP contribution in [0.5, 0.6) is 0 Å². The monoisotopic (exact) mass is 676 g/mol. The van der Waals surface area contributed by atoms with E-state index in [0.29, 0.717) is 0 Å². The predicted octanol–water partition coefficient (Wildman–Crippen LogP) is -4.06. The van der Waals surface area contributed by atoms with Gasteiger partial charge in [-0.3, -0.25) is 4.52 Å². The Balaban J connectivity index is 1.23. The third kappa shape index (κ3) is 5.53. The summed E-state index contributed by atoms with van der Waals surface area (Å²) in [5.41, 5.74) is 3.96. The molecular formula is C19H30N6O15P2S. The highest BCUT2D eigenvalue weighted by Gasteiger charge is 2.73. The van der Waals surface area contributed by atoms with Crippen LogP contribution >= 0.6 is 14.5 Å². The van der Waals surface area contributed by atoms with Crippen molar-refractivity contribution < 1.29 is 72.9 Å². The van der Waals surface area contributed by atoms with E-state index in [0.717, 1.165) is 11.0 Å². The lowest BCUT2D eigenvalue weighted by atomic mass is 9.86. The van der Waals surface area contributed by atoms with Gasteiger partial charge in [-0.2, -0.15) is 4.68 Å². The summed E-state index contributed by atoms with van der Waals surface area (Å²) in [4.78, 5) is 28.5. The second-order valence-electron chi connectivity index (χ2n) is 10.2. The number of nitrogen functional groups attached to an aromatic ring is 1. The summed E-state index contributed by atoms with van der Waals surface area (Å²) in [6, 6.07) is 0. The molecule has 1 saturated carbocycles. The van der Waals surface area contributed by atoms with Crippen LogP contribution < -0.4 is 5.73 Å². The van der Waals surface area contributed by atoms with Crippen LogP contribution in [0.2, 0.25) is 0 Å². The van der Waals surface area contributed by atoms with Gasteiger partial charge in [-0.15, -0.1) is 5.10 Å². The molecule has 43 heavy (non-hydrogen) atoms. The van der Waals surface area contributed by atoms with Crippen molar-refractivity contribution in [2.45, 2.75) is 67.8 Å². The number of hydrogen-bond donors (Lipinski definition) is 10. The lowest BCUT2D eigenvalue weighted by Crippen LogP contribution is -2.64. The topological polar surface area (TPSA) is 328 Å². The molecule has 2 aromatic rings. The van der Waals surface area contributed by atoms with Gasteiger partial charge >= 0.3 is 14.5 Å². The third-order valence-corrected chi connectivity index (χ3v) is 11.3. The van der Waals surface area contributed by atoms with Gasteiger partial charge in [0, 0.05) is 0 Å². The zero-order valence-corrected chi connectivity index (χ0v) is 24.6. The van der Waals surface area contributed by atoms with Crippen LogP contribution in [-0.2, 0) is 39.2 Å². The molecule has 2 aromatic heterocycles. The second-order valence-corrected chi connectivity index (χ2v) is 14.6. The van der Waals surface area contributed by atoms with Gasteiger partial charge in [-0.25, -0.2) is 18.8 Å². The predicted molar refractivity (Wildman–Crippen MR) is 139 cm³/mol. The average Bonchev–Trinajstić information content (AvgIpc) is 3.50. The number of aliphatic hydroxyl groups excluding tert-OH is 5. The fraction of sp³-hybridized carbons (Fsp3) is 0.789. The Bertz CT molecular complexity index is 1460. The Morgan fingerprint density at radius 2 is 1.93 bits per heavy atom. The lowest BCUT2D eigenvalue weighted by molar-refractivity contribution is -0.427. The number of nitrogens with two attached hydrogens (primary N) is 1. The highest BCUT2D eigenvalue weighted by molar-refractivity contribution is 8.08. The van der Waals surface area contributed by atoms with E-state index < -0.39 is 94.0 Å². The van der Waals surface area contributed by atoms with Gasteiger partial charge < -0.3 is 65.3 Å². The quantitative estimate of drug-likeness (QED) is 0.101. The number of hydrogen-bond acceptors (Lipinski definition) is 19. The molecule has 21 nitrogen and oxygen atoms in total. The van der Waals surface area contributed by atoms with Gasteiger partial charge in [0.1, 0.15) is 24.1 Å². The molecule has 24 heteroatoms. The molecular weight excluding hydrogens is 646 g/mol. The second kappa shape index (κ2) is 11.4. The third-order valence-electron chi connectivity index (χ3n) is 7.76. The first-order valence-corrected chi connectivity index (χ1v) is 16.7. The lowest BCUT2D eigenvalue weighted by Gasteiger charge is -2.49. The van der Waals surface area contributed by atoms with E-state index in [-0.39, 0.29) is 23.4 Å². The zero-order chi connectivity index (χ0) is 31.7. The maximum absolute atomic E-state index is 12.6. The molecule has 0 aromatic carbocycles. The smallest absolute Gasteiger partial charge is 0.394 e. The van der Waals surface area contributed by atoms with E-state index in [1.165, 1.54) is 0 Å². The minimum Gasteiger partial charge on any atom is -0.394 e. The van der Waals surface area contributed by atoms with E-state index in [1.54, 1.807) is 6.92 Å². The Kier molecular flexibility index (Phi) is 8.77. The number of rotatable bonds is 11. The molecule has 11 N–H and O–H groups in total. The number of aliphatic hydroxyl groups is 7. The maximum Gasteiger partial charge on any atom is 0.481 e. The fourth-order valence-corrected chi connectivity index (χ4v) is 8.66. The molecule has 242 valence electrons. The van der Waals surface area contributed by atoms with E-state index in [1.807, 2.05) is 0 Å². The van der Waals surface area contributed by atoms with E-state index in [2.05, 4.69) is 24.6 Å². The molecule has 3 aliphatic rings. The largest absolute Gasteiger partial charge is 0.481 e. The number of ether oxygens (including phenoxy) is 2. The Labute approximate surface area is 246 Å². The van der Waals surface area contributed by atoms with Crippen LogP contribution in [0.3, 0.4) is 0 Å². The summed E-state index contributed by atoms with van der Waals surface area (Å²) in [5, 5.41) is 80.0. The van der Waals surface area contributed by atoms with Crippen molar-refractivity contribution in [3.05, 3.63) is 6.33 Å². The number of anilines is 1. The van der Waals surface area contributed by atoms with Crippen molar-refractivity contribution in [1.82, 2.24) is 25.0 Å². The number of phosphoric acid groups is 1. The normalized spacial score (nSPS) is 41.0. The van der Waals surface area contributed by atoms with Crippen LogP contribution in [0, 0.1) is 11.8 Å². The van der Waals surface area contributed by atoms with Gasteiger partial charge in [0.15, 0.2) is 35.3 Å². The van der Waals surface area contributed by atoms with Crippen LogP contribution in [0.4, 0.5) is 5.82 Å². The van der Waals surface area contributed by atoms with E-state index in [4.69, 9.17) is 36.1 Å². The number of fused-ring (bicyclic) bond motifs is 2. The van der Waals surface area contributed by atoms with Crippen LogP contribution in [0.15, 0.2) is 6.33 Å². The molecule has 2 saturated heterocycles. The molecule has 5 rings (SSSR count). The fourth-order valence-electron chi connectivity index (χ4n) is 5.56. The summed E-state index contributed by atoms with van der Waals surface area (Å²) >= 11 is 4.78. The molecule has 1 aliphatic carbocycles. The molecule has 0 bridgehead atoms. The standard InChI is InChI=1S/C19H30N6O15P2S/c1-2-18(31)13(30)7(37-17(18)25-15-10(23-24-25)14(20)21-5-22-15)4-36-42(35,43)40-41(33,34)39-16-9-12(29)11(28)8(6(27)3-26)19(9,32)38-16/h5-9,11-13,16-17,26-32H,2-4H2,1H3,(H,33,34)(H,35,43)(H2,20,21,22)/t6-,7+,8?,9?,11?,12?,13+,16?,17+,18+,19?,42?/m0/s1. The average molecular weight is 676 g/mol. The van der Waals surface area contributed by atoms with Gasteiger partial charge in [-0.05, 0) is 18.2 Å². The van der Waals surface area contributed by atoms with Crippen molar-refractivity contribution in [3.63, 3.8) is 0 Å². The van der Waals surface area contributed by atoms with Crippen LogP contribution in [0.25, 0.3) is 11.2 Å². The summed E-state index contributed by atoms with van der Waals surface area (Å²) in [7, 11) is -5.37. The first kappa shape index (κ1) is 33.0. The minimum absolute atomic E-state index is 0.00153. The first-order chi connectivity index (χ1) is 20.0. The van der Waals surface area contributed by atoms with Gasteiger partial charge in [0.2, 0.25) is 0 Å². The molecule has 13 atom stereocenters. The Morgan fingerprint density at radius 1 is 1.23 bits per heavy atom. The molecule has 4 heterocycles. The summed E-state index contributed by atoms with van der Waals surface area (Å²) < 4.78 is 39.0. The molecule has 3 fully saturated rings. The molecule has 0 radical (unpaired) electrons. The molecule has 8 unspecified atom stereocenters. The van der Waals surface area contributed by atoms with Crippen molar-refractivity contribution in [2.24, 2.45) is 11.8 Å². The number of aromatic nitrogens is 5.